The average Bonchev–Trinajstić information content (AvgIpc) is 3.24. The molecule has 1 N–H and O–H groups in total. The van der Waals surface area contributed by atoms with Crippen LogP contribution >= 0.6 is 11.3 Å². The van der Waals surface area contributed by atoms with E-state index in [9.17, 15) is 4.79 Å². The first kappa shape index (κ1) is 16.4. The van der Waals surface area contributed by atoms with Crippen molar-refractivity contribution in [1.82, 2.24) is 14.8 Å². The first-order valence-corrected chi connectivity index (χ1v) is 9.67. The second kappa shape index (κ2) is 7.02. The molecule has 0 bridgehead atoms. The molecule has 0 radical (unpaired) electrons. The second-order valence-electron chi connectivity index (χ2n) is 6.69. The Kier molecular flexibility index (Phi) is 4.59. The van der Waals surface area contributed by atoms with Crippen LogP contribution in [0.15, 0.2) is 41.8 Å². The zero-order valence-corrected chi connectivity index (χ0v) is 15.3. The smallest absolute Gasteiger partial charge is 0.227 e. The number of aromatic amines is 1. The fourth-order valence-corrected chi connectivity index (χ4v) is 4.29. The Morgan fingerprint density at radius 1 is 1.12 bits per heavy atom. The highest BCUT2D eigenvalue weighted by atomic mass is 32.1. The molecule has 0 spiro atoms. The first-order chi connectivity index (χ1) is 12.2. The minimum absolute atomic E-state index is 0.255. The van der Waals surface area contributed by atoms with Crippen LogP contribution < -0.4 is 0 Å². The van der Waals surface area contributed by atoms with Gasteiger partial charge >= 0.3 is 0 Å². The standard InChI is InChI=1S/C20H23N3OS/c1-15-18(17-6-2-3-7-19(17)21-15)14-22-8-10-23(11-9-22)20(24)13-16-5-4-12-25-16/h2-7,12,21H,8-11,13-14H2,1H3. The number of H-pyrrole nitrogens is 1. The normalized spacial score (nSPS) is 15.8. The number of carbonyl (C=O) groups excluding carboxylic acids is 1. The van der Waals surface area contributed by atoms with E-state index >= 15 is 0 Å². The third-order valence-electron chi connectivity index (χ3n) is 5.04. The number of hydrogen-bond acceptors (Lipinski definition) is 3. The summed E-state index contributed by atoms with van der Waals surface area (Å²) in [4.78, 5) is 21.5. The summed E-state index contributed by atoms with van der Waals surface area (Å²) in [6.07, 6.45) is 0.541. The molecule has 1 amide bonds. The van der Waals surface area contributed by atoms with Gasteiger partial charge in [-0.1, -0.05) is 24.3 Å². The summed E-state index contributed by atoms with van der Waals surface area (Å²) in [5.41, 5.74) is 3.84. The average molecular weight is 353 g/mol. The van der Waals surface area contributed by atoms with Crippen LogP contribution in [0.25, 0.3) is 10.9 Å². The van der Waals surface area contributed by atoms with Gasteiger partial charge in [-0.05, 0) is 30.0 Å². The van der Waals surface area contributed by atoms with E-state index in [4.69, 9.17) is 0 Å². The Morgan fingerprint density at radius 3 is 2.68 bits per heavy atom. The number of nitrogens with zero attached hydrogens (tertiary/aromatic N) is 2. The molecule has 1 aromatic carbocycles. The third-order valence-corrected chi connectivity index (χ3v) is 5.92. The SMILES string of the molecule is Cc1[nH]c2ccccc2c1CN1CCN(C(=O)Cc2cccs2)CC1. The maximum absolute atomic E-state index is 12.4. The van der Waals surface area contributed by atoms with Gasteiger partial charge in [-0.2, -0.15) is 0 Å². The van der Waals surface area contributed by atoms with Crippen molar-refractivity contribution >= 4 is 28.1 Å². The van der Waals surface area contributed by atoms with E-state index in [1.165, 1.54) is 22.2 Å². The summed E-state index contributed by atoms with van der Waals surface area (Å²) in [5, 5.41) is 3.35. The number of amides is 1. The fraction of sp³-hybridized carbons (Fsp3) is 0.350. The van der Waals surface area contributed by atoms with Crippen molar-refractivity contribution in [3.05, 3.63) is 57.9 Å². The lowest BCUT2D eigenvalue weighted by Crippen LogP contribution is -2.48. The highest BCUT2D eigenvalue weighted by Crippen LogP contribution is 2.24. The molecule has 2 aromatic heterocycles. The Hall–Kier alpha value is -2.11. The Bertz CT molecular complexity index is 860. The van der Waals surface area contributed by atoms with E-state index in [1.807, 2.05) is 22.4 Å². The van der Waals surface area contributed by atoms with E-state index in [2.05, 4.69) is 41.1 Å². The van der Waals surface area contributed by atoms with E-state index in [1.54, 1.807) is 11.3 Å². The number of hydrogen-bond donors (Lipinski definition) is 1. The van der Waals surface area contributed by atoms with E-state index in [0.717, 1.165) is 37.6 Å². The quantitative estimate of drug-likeness (QED) is 0.781. The minimum atomic E-state index is 0.255. The molecule has 1 fully saturated rings. The van der Waals surface area contributed by atoms with Gasteiger partial charge in [0.25, 0.3) is 0 Å². The van der Waals surface area contributed by atoms with Crippen LogP contribution in [0.2, 0.25) is 0 Å². The topological polar surface area (TPSA) is 39.3 Å². The van der Waals surface area contributed by atoms with E-state index < -0.39 is 0 Å². The first-order valence-electron chi connectivity index (χ1n) is 8.79. The molecule has 1 saturated heterocycles. The van der Waals surface area contributed by atoms with Crippen LogP contribution in [0.3, 0.4) is 0 Å². The lowest BCUT2D eigenvalue weighted by molar-refractivity contribution is -0.132. The number of aromatic nitrogens is 1. The monoisotopic (exact) mass is 353 g/mol. The number of para-hydroxylation sites is 1. The summed E-state index contributed by atoms with van der Waals surface area (Å²) in [5.74, 6) is 0.255. The molecule has 0 saturated carbocycles. The molecule has 25 heavy (non-hydrogen) atoms. The maximum atomic E-state index is 12.4. The number of carbonyl (C=O) groups is 1. The van der Waals surface area contributed by atoms with Gasteiger partial charge in [-0.15, -0.1) is 11.3 Å². The number of thiophene rings is 1. The molecule has 4 nitrogen and oxygen atoms in total. The Labute approximate surface area is 152 Å². The number of nitrogens with one attached hydrogen (secondary N) is 1. The molecular weight excluding hydrogens is 330 g/mol. The van der Waals surface area contributed by atoms with Crippen molar-refractivity contribution < 1.29 is 4.79 Å². The van der Waals surface area contributed by atoms with Crippen molar-refractivity contribution in [2.24, 2.45) is 0 Å². The van der Waals surface area contributed by atoms with Gasteiger partial charge in [-0.3, -0.25) is 9.69 Å². The summed E-state index contributed by atoms with van der Waals surface area (Å²) < 4.78 is 0. The highest BCUT2D eigenvalue weighted by molar-refractivity contribution is 7.10. The summed E-state index contributed by atoms with van der Waals surface area (Å²) in [7, 11) is 0. The van der Waals surface area contributed by atoms with Crippen LogP contribution in [-0.2, 0) is 17.8 Å². The Morgan fingerprint density at radius 2 is 1.92 bits per heavy atom. The van der Waals surface area contributed by atoms with E-state index in [-0.39, 0.29) is 5.91 Å². The van der Waals surface area contributed by atoms with Gasteiger partial charge in [0.05, 0.1) is 6.42 Å². The molecule has 5 heteroatoms. The van der Waals surface area contributed by atoms with Gasteiger partial charge in [-0.25, -0.2) is 0 Å². The summed E-state index contributed by atoms with van der Waals surface area (Å²) >= 11 is 1.66. The van der Waals surface area contributed by atoms with Crippen LogP contribution in [-0.4, -0.2) is 46.9 Å². The zero-order chi connectivity index (χ0) is 17.2. The third kappa shape index (κ3) is 3.48. The molecular formula is C20H23N3OS. The zero-order valence-electron chi connectivity index (χ0n) is 14.5. The molecule has 4 rings (SSSR count). The number of benzene rings is 1. The molecule has 130 valence electrons. The van der Waals surface area contributed by atoms with Crippen LogP contribution in [0.1, 0.15) is 16.1 Å². The van der Waals surface area contributed by atoms with E-state index in [0.29, 0.717) is 6.42 Å². The van der Waals surface area contributed by atoms with Gasteiger partial charge in [0.2, 0.25) is 5.91 Å². The Balaban J connectivity index is 1.37. The number of rotatable bonds is 4. The van der Waals surface area contributed by atoms with Crippen LogP contribution in [0, 0.1) is 6.92 Å². The van der Waals surface area contributed by atoms with Crippen molar-refractivity contribution in [2.45, 2.75) is 19.9 Å². The van der Waals surface area contributed by atoms with Crippen molar-refractivity contribution in [1.29, 1.82) is 0 Å². The molecule has 0 aliphatic carbocycles. The predicted molar refractivity (Wildman–Crippen MR) is 103 cm³/mol. The van der Waals surface area contributed by atoms with Gasteiger partial charge in [0.15, 0.2) is 0 Å². The molecule has 1 aliphatic heterocycles. The van der Waals surface area contributed by atoms with Crippen LogP contribution in [0.5, 0.6) is 0 Å². The lowest BCUT2D eigenvalue weighted by Gasteiger charge is -2.34. The van der Waals surface area contributed by atoms with Gasteiger partial charge < -0.3 is 9.88 Å². The second-order valence-corrected chi connectivity index (χ2v) is 7.72. The fourth-order valence-electron chi connectivity index (χ4n) is 3.59. The maximum Gasteiger partial charge on any atom is 0.227 e. The number of fused-ring (bicyclic) bond motifs is 1. The van der Waals surface area contributed by atoms with Crippen molar-refractivity contribution in [2.75, 3.05) is 26.2 Å². The predicted octanol–water partition coefficient (Wildman–Crippen LogP) is 3.42. The summed E-state index contributed by atoms with van der Waals surface area (Å²) in [6.45, 7) is 6.63. The molecule has 3 heterocycles. The summed E-state index contributed by atoms with van der Waals surface area (Å²) in [6, 6.07) is 12.5. The van der Waals surface area contributed by atoms with Gasteiger partial charge in [0, 0.05) is 54.2 Å². The molecule has 0 atom stereocenters. The van der Waals surface area contributed by atoms with Gasteiger partial charge in [0.1, 0.15) is 0 Å². The van der Waals surface area contributed by atoms with Crippen molar-refractivity contribution in [3.63, 3.8) is 0 Å². The lowest BCUT2D eigenvalue weighted by atomic mass is 10.1. The number of aryl methyl sites for hydroxylation is 1. The molecule has 3 aromatic rings. The highest BCUT2D eigenvalue weighted by Gasteiger charge is 2.22. The number of piperazine rings is 1. The van der Waals surface area contributed by atoms with Crippen molar-refractivity contribution in [3.8, 4) is 0 Å². The molecule has 0 unspecified atom stereocenters. The molecule has 1 aliphatic rings. The minimum Gasteiger partial charge on any atom is -0.358 e. The van der Waals surface area contributed by atoms with Crippen LogP contribution in [0.4, 0.5) is 0 Å². The largest absolute Gasteiger partial charge is 0.358 e.